The predicted octanol–water partition coefficient (Wildman–Crippen LogP) is 4.54. The molecule has 7 heteroatoms. The van der Waals surface area contributed by atoms with Gasteiger partial charge in [0, 0.05) is 24.9 Å². The van der Waals surface area contributed by atoms with E-state index in [0.717, 1.165) is 24.9 Å². The van der Waals surface area contributed by atoms with Crippen LogP contribution in [-0.2, 0) is 9.59 Å². The number of nitrogens with one attached hydrogen (secondary N) is 2. The van der Waals surface area contributed by atoms with Gasteiger partial charge < -0.3 is 15.2 Å². The fourth-order valence-electron chi connectivity index (χ4n) is 4.21. The number of rotatable bonds is 7. The number of nitrogens with zero attached hydrogens (tertiary/aromatic N) is 2. The third-order valence-electron chi connectivity index (χ3n) is 5.87. The zero-order valence-electron chi connectivity index (χ0n) is 18.1. The number of benzene rings is 2. The molecule has 1 aliphatic rings. The van der Waals surface area contributed by atoms with Gasteiger partial charge in [0.2, 0.25) is 11.8 Å². The molecular weight excluding hydrogens is 407 g/mol. The molecule has 4 rings (SSSR count). The van der Waals surface area contributed by atoms with Crippen molar-refractivity contribution < 1.29 is 14.0 Å². The van der Waals surface area contributed by atoms with Crippen LogP contribution in [0.1, 0.15) is 56.1 Å². The van der Waals surface area contributed by atoms with E-state index >= 15 is 0 Å². The maximum Gasteiger partial charge on any atom is 0.223 e. The van der Waals surface area contributed by atoms with Crippen LogP contribution in [0.3, 0.4) is 0 Å². The number of likely N-dealkylation sites (tertiary alicyclic amines) is 1. The Morgan fingerprint density at radius 1 is 1.16 bits per heavy atom. The van der Waals surface area contributed by atoms with Crippen molar-refractivity contribution in [3.63, 3.8) is 0 Å². The van der Waals surface area contributed by atoms with E-state index in [1.54, 1.807) is 31.3 Å². The third-order valence-corrected chi connectivity index (χ3v) is 5.87. The molecule has 166 valence electrons. The van der Waals surface area contributed by atoms with E-state index in [1.807, 2.05) is 35.2 Å². The average molecular weight is 435 g/mol. The summed E-state index contributed by atoms with van der Waals surface area (Å²) >= 11 is 0. The van der Waals surface area contributed by atoms with Crippen LogP contribution in [-0.4, -0.2) is 33.2 Å². The number of hydrogen-bond donors (Lipinski definition) is 2. The number of H-pyrrole nitrogens is 1. The second-order valence-electron chi connectivity index (χ2n) is 8.11. The largest absolute Gasteiger partial charge is 0.346 e. The number of carbonyl (C=O) groups excluding carboxylic acids is 2. The second kappa shape index (κ2) is 9.77. The first kappa shape index (κ1) is 21.7. The smallest absolute Gasteiger partial charge is 0.223 e. The number of imidazole rings is 1. The summed E-state index contributed by atoms with van der Waals surface area (Å²) < 4.78 is 14.0. The standard InChI is InChI=1S/C25H27FN4O2/c1-17(25-27-16-21(29-25)19-10-5-6-11-20(19)26)28-23(31)13-14-24(32)30-15-7-12-22(30)18-8-3-2-4-9-18/h2-6,8-11,16-17,22H,7,12-15H2,1H3,(H,27,29)(H,28,31)/t17-,22+/m0/s1. The summed E-state index contributed by atoms with van der Waals surface area (Å²) in [5.74, 6) is -0.0237. The number of halogens is 1. The Bertz CT molecular complexity index is 1080. The van der Waals surface area contributed by atoms with Gasteiger partial charge in [0.05, 0.1) is 24.0 Å². The first-order valence-electron chi connectivity index (χ1n) is 11.0. The summed E-state index contributed by atoms with van der Waals surface area (Å²) in [6.45, 7) is 2.53. The summed E-state index contributed by atoms with van der Waals surface area (Å²) in [7, 11) is 0. The van der Waals surface area contributed by atoms with E-state index in [2.05, 4.69) is 15.3 Å². The van der Waals surface area contributed by atoms with Crippen LogP contribution in [0.2, 0.25) is 0 Å². The molecule has 2 N–H and O–H groups in total. The molecule has 2 heterocycles. The van der Waals surface area contributed by atoms with Gasteiger partial charge in [-0.15, -0.1) is 0 Å². The minimum Gasteiger partial charge on any atom is -0.346 e. The number of carbonyl (C=O) groups is 2. The first-order valence-corrected chi connectivity index (χ1v) is 11.0. The Hall–Kier alpha value is -3.48. The topological polar surface area (TPSA) is 78.1 Å². The molecular formula is C25H27FN4O2. The van der Waals surface area contributed by atoms with Gasteiger partial charge in [-0.05, 0) is 37.5 Å². The maximum atomic E-state index is 14.0. The van der Waals surface area contributed by atoms with Gasteiger partial charge in [-0.3, -0.25) is 9.59 Å². The van der Waals surface area contributed by atoms with Crippen LogP contribution < -0.4 is 5.32 Å². The summed E-state index contributed by atoms with van der Waals surface area (Å²) in [4.78, 5) is 34.5. The van der Waals surface area contributed by atoms with Crippen molar-refractivity contribution in [1.82, 2.24) is 20.2 Å². The maximum absolute atomic E-state index is 14.0. The molecule has 0 aliphatic carbocycles. The minimum atomic E-state index is -0.387. The molecule has 2 atom stereocenters. The number of aromatic nitrogens is 2. The van der Waals surface area contributed by atoms with Gasteiger partial charge >= 0.3 is 0 Å². The van der Waals surface area contributed by atoms with Crippen LogP contribution in [0.15, 0.2) is 60.8 Å². The molecule has 1 saturated heterocycles. The second-order valence-corrected chi connectivity index (χ2v) is 8.11. The normalized spacial score (nSPS) is 16.7. The molecule has 2 amide bonds. The molecule has 3 aromatic rings. The van der Waals surface area contributed by atoms with E-state index in [4.69, 9.17) is 0 Å². The Kier molecular flexibility index (Phi) is 6.63. The van der Waals surface area contributed by atoms with Gasteiger partial charge in [-0.25, -0.2) is 9.37 Å². The third kappa shape index (κ3) is 4.88. The van der Waals surface area contributed by atoms with Crippen molar-refractivity contribution in [1.29, 1.82) is 0 Å². The molecule has 6 nitrogen and oxygen atoms in total. The Labute approximate surface area is 186 Å². The zero-order valence-corrected chi connectivity index (χ0v) is 18.1. The van der Waals surface area contributed by atoms with Crippen molar-refractivity contribution in [2.45, 2.75) is 44.7 Å². The van der Waals surface area contributed by atoms with Gasteiger partial charge in [0.15, 0.2) is 0 Å². The van der Waals surface area contributed by atoms with Crippen LogP contribution in [0, 0.1) is 5.82 Å². The van der Waals surface area contributed by atoms with E-state index in [-0.39, 0.29) is 42.6 Å². The number of aromatic amines is 1. The van der Waals surface area contributed by atoms with Gasteiger partial charge in [-0.2, -0.15) is 0 Å². The van der Waals surface area contributed by atoms with Gasteiger partial charge in [-0.1, -0.05) is 42.5 Å². The first-order chi connectivity index (χ1) is 15.5. The molecule has 1 aliphatic heterocycles. The van der Waals surface area contributed by atoms with Crippen LogP contribution >= 0.6 is 0 Å². The highest BCUT2D eigenvalue weighted by molar-refractivity contribution is 5.84. The van der Waals surface area contributed by atoms with Crippen molar-refractivity contribution in [3.8, 4) is 11.3 Å². The SMILES string of the molecule is C[C@H](NC(=O)CCC(=O)N1CCC[C@@H]1c1ccccc1)c1ncc(-c2ccccc2F)[nH]1. The highest BCUT2D eigenvalue weighted by Gasteiger charge is 2.29. The lowest BCUT2D eigenvalue weighted by molar-refractivity contribution is -0.134. The van der Waals surface area contributed by atoms with E-state index in [1.165, 1.54) is 6.07 Å². The lowest BCUT2D eigenvalue weighted by Crippen LogP contribution is -2.33. The summed E-state index contributed by atoms with van der Waals surface area (Å²) in [6, 6.07) is 16.2. The highest BCUT2D eigenvalue weighted by atomic mass is 19.1. The van der Waals surface area contributed by atoms with E-state index in [9.17, 15) is 14.0 Å². The molecule has 0 spiro atoms. The highest BCUT2D eigenvalue weighted by Crippen LogP contribution is 2.32. The number of hydrogen-bond acceptors (Lipinski definition) is 3. The Balaban J connectivity index is 1.30. The lowest BCUT2D eigenvalue weighted by Gasteiger charge is -2.25. The lowest BCUT2D eigenvalue weighted by atomic mass is 10.0. The Morgan fingerprint density at radius 3 is 2.69 bits per heavy atom. The molecule has 0 unspecified atom stereocenters. The van der Waals surface area contributed by atoms with Crippen LogP contribution in [0.4, 0.5) is 4.39 Å². The summed E-state index contributed by atoms with van der Waals surface area (Å²) in [5.41, 5.74) is 2.12. The van der Waals surface area contributed by atoms with Crippen LogP contribution in [0.25, 0.3) is 11.3 Å². The van der Waals surface area contributed by atoms with Crippen LogP contribution in [0.5, 0.6) is 0 Å². The fourth-order valence-corrected chi connectivity index (χ4v) is 4.21. The van der Waals surface area contributed by atoms with Crippen molar-refractivity contribution in [2.24, 2.45) is 0 Å². The summed E-state index contributed by atoms with van der Waals surface area (Å²) in [5, 5.41) is 2.87. The number of amides is 2. The molecule has 1 aromatic heterocycles. The van der Waals surface area contributed by atoms with Crippen molar-refractivity contribution >= 4 is 11.8 Å². The predicted molar refractivity (Wildman–Crippen MR) is 120 cm³/mol. The molecule has 1 fully saturated rings. The van der Waals surface area contributed by atoms with E-state index in [0.29, 0.717) is 17.1 Å². The molecule has 0 bridgehead atoms. The van der Waals surface area contributed by atoms with Crippen molar-refractivity contribution in [2.75, 3.05) is 6.54 Å². The van der Waals surface area contributed by atoms with Crippen molar-refractivity contribution in [3.05, 3.63) is 78.0 Å². The van der Waals surface area contributed by atoms with Gasteiger partial charge in [0.1, 0.15) is 11.6 Å². The minimum absolute atomic E-state index is 0.000932. The quantitative estimate of drug-likeness (QED) is 0.573. The zero-order chi connectivity index (χ0) is 22.5. The molecule has 32 heavy (non-hydrogen) atoms. The average Bonchev–Trinajstić information content (AvgIpc) is 3.49. The molecule has 0 saturated carbocycles. The monoisotopic (exact) mass is 434 g/mol. The van der Waals surface area contributed by atoms with Gasteiger partial charge in [0.25, 0.3) is 0 Å². The molecule has 2 aromatic carbocycles. The fraction of sp³-hybridized carbons (Fsp3) is 0.320. The molecule has 0 radical (unpaired) electrons. The summed E-state index contributed by atoms with van der Waals surface area (Å²) in [6.07, 6.45) is 3.75. The Morgan fingerprint density at radius 2 is 1.91 bits per heavy atom. The van der Waals surface area contributed by atoms with E-state index < -0.39 is 0 Å².